The van der Waals surface area contributed by atoms with E-state index in [9.17, 15) is 24.6 Å². The molecular formula is C14H15NO6. The molecule has 112 valence electrons. The first-order chi connectivity index (χ1) is 9.92. The predicted octanol–water partition coefficient (Wildman–Crippen LogP) is 0.688. The molecule has 21 heavy (non-hydrogen) atoms. The highest BCUT2D eigenvalue weighted by Crippen LogP contribution is 2.31. The van der Waals surface area contributed by atoms with E-state index in [0.29, 0.717) is 19.1 Å². The molecule has 0 amide bonds. The summed E-state index contributed by atoms with van der Waals surface area (Å²) in [4.78, 5) is 33.7. The number of hydrogen-bond acceptors (Lipinski definition) is 6. The minimum atomic E-state index is -0.964. The predicted molar refractivity (Wildman–Crippen MR) is 71.7 cm³/mol. The maximum absolute atomic E-state index is 12.1. The molecule has 1 fully saturated rings. The minimum Gasteiger partial charge on any atom is -0.504 e. The summed E-state index contributed by atoms with van der Waals surface area (Å²) < 4.78 is 0. The Hall–Kier alpha value is -2.41. The van der Waals surface area contributed by atoms with Crippen molar-refractivity contribution in [2.75, 3.05) is 0 Å². The minimum absolute atomic E-state index is 0.0148. The normalized spacial score (nSPS) is 21.1. The quantitative estimate of drug-likeness (QED) is 0.357. The number of rotatable bonds is 5. The van der Waals surface area contributed by atoms with E-state index in [-0.39, 0.29) is 23.6 Å². The van der Waals surface area contributed by atoms with Crippen molar-refractivity contribution >= 4 is 18.0 Å². The summed E-state index contributed by atoms with van der Waals surface area (Å²) in [5, 5.41) is 30.9. The van der Waals surface area contributed by atoms with Gasteiger partial charge in [-0.25, -0.2) is 0 Å². The van der Waals surface area contributed by atoms with Crippen molar-refractivity contribution in [1.82, 2.24) is 5.32 Å². The number of carbonyl (C=O) groups excluding carboxylic acids is 2. The van der Waals surface area contributed by atoms with Gasteiger partial charge in [0.05, 0.1) is 5.56 Å². The van der Waals surface area contributed by atoms with Gasteiger partial charge in [-0.1, -0.05) is 0 Å². The number of Topliss-reactive ketones (excluding diaryl/α,β-unsaturated/α-hetero) is 1. The molecule has 0 bridgehead atoms. The highest BCUT2D eigenvalue weighted by molar-refractivity contribution is 6.01. The van der Waals surface area contributed by atoms with Crippen LogP contribution in [-0.4, -0.2) is 45.4 Å². The van der Waals surface area contributed by atoms with Crippen LogP contribution in [0.15, 0.2) is 12.1 Å². The Morgan fingerprint density at radius 2 is 2.00 bits per heavy atom. The summed E-state index contributed by atoms with van der Waals surface area (Å²) in [6.45, 7) is 0. The van der Waals surface area contributed by atoms with Gasteiger partial charge in [-0.15, -0.1) is 0 Å². The molecule has 7 nitrogen and oxygen atoms in total. The van der Waals surface area contributed by atoms with E-state index in [1.807, 2.05) is 0 Å². The average molecular weight is 293 g/mol. The molecule has 1 aromatic carbocycles. The SMILES string of the molecule is O=Cc1cc(O)c(O)c(C(=O)CC2CCC(C(=O)O)N2)c1. The topological polar surface area (TPSA) is 124 Å². The van der Waals surface area contributed by atoms with Gasteiger partial charge in [0, 0.05) is 18.0 Å². The van der Waals surface area contributed by atoms with Crippen molar-refractivity contribution in [1.29, 1.82) is 0 Å². The second kappa shape index (κ2) is 5.92. The molecule has 2 rings (SSSR count). The molecule has 1 aromatic rings. The van der Waals surface area contributed by atoms with Crippen LogP contribution in [0, 0.1) is 0 Å². The van der Waals surface area contributed by atoms with Crippen molar-refractivity contribution in [3.8, 4) is 11.5 Å². The van der Waals surface area contributed by atoms with Crippen LogP contribution in [0.1, 0.15) is 40.0 Å². The summed E-state index contributed by atoms with van der Waals surface area (Å²) in [5.74, 6) is -2.53. The largest absolute Gasteiger partial charge is 0.504 e. The van der Waals surface area contributed by atoms with Gasteiger partial charge in [0.1, 0.15) is 12.3 Å². The number of aliphatic carboxylic acids is 1. The number of benzene rings is 1. The van der Waals surface area contributed by atoms with E-state index in [1.165, 1.54) is 6.07 Å². The van der Waals surface area contributed by atoms with E-state index in [0.717, 1.165) is 6.07 Å². The van der Waals surface area contributed by atoms with Crippen LogP contribution >= 0.6 is 0 Å². The number of nitrogens with one attached hydrogen (secondary N) is 1. The Kier molecular flexibility index (Phi) is 4.23. The number of carboxylic acid groups (broad SMARTS) is 1. The monoisotopic (exact) mass is 293 g/mol. The van der Waals surface area contributed by atoms with Crippen LogP contribution in [-0.2, 0) is 4.79 Å². The Morgan fingerprint density at radius 1 is 1.29 bits per heavy atom. The Morgan fingerprint density at radius 3 is 2.57 bits per heavy atom. The molecule has 1 heterocycles. The Labute approximate surface area is 120 Å². The molecule has 0 spiro atoms. The molecule has 2 unspecified atom stereocenters. The van der Waals surface area contributed by atoms with Crippen LogP contribution in [0.2, 0.25) is 0 Å². The van der Waals surface area contributed by atoms with Gasteiger partial charge >= 0.3 is 5.97 Å². The first kappa shape index (κ1) is 15.0. The molecule has 4 N–H and O–H groups in total. The maximum atomic E-state index is 12.1. The highest BCUT2D eigenvalue weighted by Gasteiger charge is 2.30. The fourth-order valence-corrected chi connectivity index (χ4v) is 2.43. The van der Waals surface area contributed by atoms with E-state index in [1.54, 1.807) is 0 Å². The molecule has 1 aliphatic heterocycles. The lowest BCUT2D eigenvalue weighted by atomic mass is 9.99. The summed E-state index contributed by atoms with van der Waals surface area (Å²) in [5.41, 5.74) is -0.0610. The zero-order valence-electron chi connectivity index (χ0n) is 11.1. The lowest BCUT2D eigenvalue weighted by Gasteiger charge is -2.12. The number of aromatic hydroxyl groups is 2. The second-order valence-electron chi connectivity index (χ2n) is 5.01. The van der Waals surface area contributed by atoms with E-state index < -0.39 is 29.3 Å². The van der Waals surface area contributed by atoms with Crippen molar-refractivity contribution in [3.05, 3.63) is 23.3 Å². The molecule has 2 atom stereocenters. The Balaban J connectivity index is 2.13. The first-order valence-electron chi connectivity index (χ1n) is 6.45. The van der Waals surface area contributed by atoms with E-state index >= 15 is 0 Å². The van der Waals surface area contributed by atoms with E-state index in [2.05, 4.69) is 5.32 Å². The van der Waals surface area contributed by atoms with Crippen LogP contribution < -0.4 is 5.32 Å². The molecule has 0 aromatic heterocycles. The molecule has 1 aliphatic rings. The van der Waals surface area contributed by atoms with Crippen LogP contribution in [0.3, 0.4) is 0 Å². The van der Waals surface area contributed by atoms with Gasteiger partial charge < -0.3 is 20.6 Å². The van der Waals surface area contributed by atoms with Gasteiger partial charge in [0.25, 0.3) is 0 Å². The summed E-state index contributed by atoms with van der Waals surface area (Å²) >= 11 is 0. The third-order valence-corrected chi connectivity index (χ3v) is 3.52. The van der Waals surface area contributed by atoms with Crippen molar-refractivity contribution in [2.45, 2.75) is 31.3 Å². The number of hydrogen-bond donors (Lipinski definition) is 4. The average Bonchev–Trinajstić information content (AvgIpc) is 2.90. The van der Waals surface area contributed by atoms with Crippen LogP contribution in [0.4, 0.5) is 0 Å². The van der Waals surface area contributed by atoms with Crippen LogP contribution in [0.25, 0.3) is 0 Å². The van der Waals surface area contributed by atoms with Gasteiger partial charge in [0.15, 0.2) is 17.3 Å². The molecule has 1 saturated heterocycles. The number of carboxylic acids is 1. The number of phenols is 2. The number of phenolic OH excluding ortho intramolecular Hbond substituents is 2. The molecule has 7 heteroatoms. The number of carbonyl (C=O) groups is 3. The first-order valence-corrected chi connectivity index (χ1v) is 6.45. The van der Waals surface area contributed by atoms with Gasteiger partial charge in [-0.2, -0.15) is 0 Å². The summed E-state index contributed by atoms with van der Waals surface area (Å²) in [6.07, 6.45) is 1.41. The van der Waals surface area contributed by atoms with Crippen LogP contribution in [0.5, 0.6) is 11.5 Å². The number of aldehydes is 1. The third-order valence-electron chi connectivity index (χ3n) is 3.52. The lowest BCUT2D eigenvalue weighted by Crippen LogP contribution is -2.36. The second-order valence-corrected chi connectivity index (χ2v) is 5.01. The van der Waals surface area contributed by atoms with Crippen molar-refractivity contribution in [2.24, 2.45) is 0 Å². The fourth-order valence-electron chi connectivity index (χ4n) is 2.43. The van der Waals surface area contributed by atoms with E-state index in [4.69, 9.17) is 5.11 Å². The fraction of sp³-hybridized carbons (Fsp3) is 0.357. The third kappa shape index (κ3) is 3.19. The summed E-state index contributed by atoms with van der Waals surface area (Å²) in [6, 6.07) is 1.28. The van der Waals surface area contributed by atoms with Gasteiger partial charge in [-0.05, 0) is 25.0 Å². The molecule has 0 saturated carbocycles. The zero-order chi connectivity index (χ0) is 15.6. The van der Waals surface area contributed by atoms with Gasteiger partial charge in [0.2, 0.25) is 0 Å². The Bertz CT molecular complexity index is 597. The lowest BCUT2D eigenvalue weighted by molar-refractivity contribution is -0.139. The maximum Gasteiger partial charge on any atom is 0.320 e. The highest BCUT2D eigenvalue weighted by atomic mass is 16.4. The zero-order valence-corrected chi connectivity index (χ0v) is 11.1. The molecule has 0 aliphatic carbocycles. The smallest absolute Gasteiger partial charge is 0.320 e. The molecule has 0 radical (unpaired) electrons. The van der Waals surface area contributed by atoms with Crippen molar-refractivity contribution < 1.29 is 29.7 Å². The molecular weight excluding hydrogens is 278 g/mol. The summed E-state index contributed by atoms with van der Waals surface area (Å²) in [7, 11) is 0. The number of ketones is 1. The van der Waals surface area contributed by atoms with Crippen molar-refractivity contribution in [3.63, 3.8) is 0 Å². The van der Waals surface area contributed by atoms with Gasteiger partial charge in [-0.3, -0.25) is 14.4 Å². The standard InChI is InChI=1S/C14H15NO6/c16-6-7-3-9(13(19)12(18)4-7)11(17)5-8-1-2-10(15-8)14(20)21/h3-4,6,8,10,15,18-19H,1-2,5H2,(H,20,21).